The molecule has 20 heavy (non-hydrogen) atoms. The number of carbonyl (C=O) groups is 2. The van der Waals surface area contributed by atoms with Crippen LogP contribution in [0.5, 0.6) is 5.75 Å². The van der Waals surface area contributed by atoms with Crippen LogP contribution in [-0.2, 0) is 4.79 Å². The van der Waals surface area contributed by atoms with Crippen molar-refractivity contribution in [2.75, 3.05) is 13.7 Å². The summed E-state index contributed by atoms with van der Waals surface area (Å²) in [6.07, 6.45) is 0.357. The Hall–Kier alpha value is -1.56. The molecule has 110 valence electrons. The number of amides is 1. The van der Waals surface area contributed by atoms with Crippen molar-refractivity contribution < 1.29 is 19.4 Å². The Morgan fingerprint density at radius 1 is 1.40 bits per heavy atom. The molecule has 0 radical (unpaired) electrons. The van der Waals surface area contributed by atoms with Crippen molar-refractivity contribution in [1.29, 1.82) is 0 Å². The maximum absolute atomic E-state index is 12.0. The molecule has 0 aliphatic carbocycles. The first-order chi connectivity index (χ1) is 9.27. The Morgan fingerprint density at radius 2 is 2.05 bits per heavy atom. The molecule has 2 N–H and O–H groups in total. The van der Waals surface area contributed by atoms with Crippen LogP contribution < -0.4 is 10.1 Å². The van der Waals surface area contributed by atoms with Crippen molar-refractivity contribution in [3.05, 3.63) is 28.2 Å². The number of hydrogen-bond acceptors (Lipinski definition) is 3. The van der Waals surface area contributed by atoms with Crippen molar-refractivity contribution >= 4 is 27.8 Å². The minimum atomic E-state index is -0.880. The highest BCUT2D eigenvalue weighted by Gasteiger charge is 2.26. The molecule has 0 spiro atoms. The number of rotatable bonds is 6. The third-order valence-electron chi connectivity index (χ3n) is 3.03. The standard InChI is InChI=1S/C14H18BrNO4/c1-14(2,13(18)19)6-7-16-12(17)10-8-9(20-3)4-5-11(10)15/h4-5,8H,6-7H2,1-3H3,(H,16,17)(H,18,19). The van der Waals surface area contributed by atoms with E-state index in [1.54, 1.807) is 32.0 Å². The van der Waals surface area contributed by atoms with E-state index in [9.17, 15) is 9.59 Å². The molecule has 0 saturated carbocycles. The third kappa shape index (κ3) is 4.23. The third-order valence-corrected chi connectivity index (χ3v) is 3.72. The molecule has 5 nitrogen and oxygen atoms in total. The van der Waals surface area contributed by atoms with E-state index in [0.717, 1.165) is 0 Å². The SMILES string of the molecule is COc1ccc(Br)c(C(=O)NCCC(C)(C)C(=O)O)c1. The lowest BCUT2D eigenvalue weighted by atomic mass is 9.90. The minimum Gasteiger partial charge on any atom is -0.497 e. The number of carboxylic acids is 1. The van der Waals surface area contributed by atoms with Gasteiger partial charge >= 0.3 is 5.97 Å². The van der Waals surface area contributed by atoms with E-state index < -0.39 is 11.4 Å². The second kappa shape index (κ2) is 6.74. The van der Waals surface area contributed by atoms with Crippen LogP contribution in [0.25, 0.3) is 0 Å². The normalized spacial score (nSPS) is 11.0. The van der Waals surface area contributed by atoms with Crippen molar-refractivity contribution in [3.8, 4) is 5.75 Å². The number of ether oxygens (including phenoxy) is 1. The molecule has 0 atom stereocenters. The van der Waals surface area contributed by atoms with Crippen molar-refractivity contribution in [1.82, 2.24) is 5.32 Å². The van der Waals surface area contributed by atoms with Gasteiger partial charge in [-0.1, -0.05) is 0 Å². The fourth-order valence-corrected chi connectivity index (χ4v) is 1.92. The molecule has 0 aliphatic rings. The maximum atomic E-state index is 12.0. The molecule has 1 aromatic rings. The number of hydrogen-bond donors (Lipinski definition) is 2. The van der Waals surface area contributed by atoms with Gasteiger partial charge in [0.2, 0.25) is 0 Å². The predicted molar refractivity (Wildman–Crippen MR) is 79.1 cm³/mol. The lowest BCUT2D eigenvalue weighted by molar-refractivity contribution is -0.147. The molecule has 1 rings (SSSR count). The number of methoxy groups -OCH3 is 1. The van der Waals surface area contributed by atoms with Crippen LogP contribution >= 0.6 is 15.9 Å². The number of carboxylic acid groups (broad SMARTS) is 1. The zero-order valence-corrected chi connectivity index (χ0v) is 13.3. The summed E-state index contributed by atoms with van der Waals surface area (Å²) in [6, 6.07) is 5.10. The van der Waals surface area contributed by atoms with Gasteiger partial charge < -0.3 is 15.2 Å². The zero-order chi connectivity index (χ0) is 15.3. The van der Waals surface area contributed by atoms with E-state index in [4.69, 9.17) is 9.84 Å². The fraction of sp³-hybridized carbons (Fsp3) is 0.429. The Kier molecular flexibility index (Phi) is 5.56. The van der Waals surface area contributed by atoms with Crippen molar-refractivity contribution in [3.63, 3.8) is 0 Å². The lowest BCUT2D eigenvalue weighted by Crippen LogP contribution is -2.32. The van der Waals surface area contributed by atoms with E-state index in [0.29, 0.717) is 28.8 Å². The van der Waals surface area contributed by atoms with Crippen LogP contribution in [0.1, 0.15) is 30.6 Å². The summed E-state index contributed by atoms with van der Waals surface area (Å²) in [5.41, 5.74) is -0.406. The van der Waals surface area contributed by atoms with E-state index in [-0.39, 0.29) is 5.91 Å². The summed E-state index contributed by atoms with van der Waals surface area (Å²) >= 11 is 3.30. The van der Waals surface area contributed by atoms with Crippen LogP contribution in [0.15, 0.2) is 22.7 Å². The zero-order valence-electron chi connectivity index (χ0n) is 11.7. The molecular formula is C14H18BrNO4. The average molecular weight is 344 g/mol. The number of aliphatic carboxylic acids is 1. The monoisotopic (exact) mass is 343 g/mol. The van der Waals surface area contributed by atoms with Crippen molar-refractivity contribution in [2.24, 2.45) is 5.41 Å². The highest BCUT2D eigenvalue weighted by Crippen LogP contribution is 2.23. The maximum Gasteiger partial charge on any atom is 0.309 e. The Balaban J connectivity index is 2.66. The van der Waals surface area contributed by atoms with Gasteiger partial charge in [-0.3, -0.25) is 9.59 Å². The van der Waals surface area contributed by atoms with E-state index in [2.05, 4.69) is 21.2 Å². The molecule has 0 fully saturated rings. The Bertz CT molecular complexity index is 514. The van der Waals surface area contributed by atoms with Gasteiger partial charge in [-0.25, -0.2) is 0 Å². The van der Waals surface area contributed by atoms with E-state index in [1.165, 1.54) is 7.11 Å². The van der Waals surface area contributed by atoms with E-state index >= 15 is 0 Å². The minimum absolute atomic E-state index is 0.267. The number of halogens is 1. The summed E-state index contributed by atoms with van der Waals surface area (Å²) in [4.78, 5) is 23.0. The molecular weight excluding hydrogens is 326 g/mol. The fourth-order valence-electron chi connectivity index (χ4n) is 1.50. The quantitative estimate of drug-likeness (QED) is 0.832. The topological polar surface area (TPSA) is 75.6 Å². The molecule has 0 aliphatic heterocycles. The van der Waals surface area contributed by atoms with Gasteiger partial charge in [-0.2, -0.15) is 0 Å². The second-order valence-corrected chi connectivity index (χ2v) is 5.90. The molecule has 0 aromatic heterocycles. The smallest absolute Gasteiger partial charge is 0.309 e. The highest BCUT2D eigenvalue weighted by molar-refractivity contribution is 9.10. The summed E-state index contributed by atoms with van der Waals surface area (Å²) in [5.74, 6) is -0.560. The summed E-state index contributed by atoms with van der Waals surface area (Å²) in [5, 5.41) is 11.7. The summed E-state index contributed by atoms with van der Waals surface area (Å²) in [7, 11) is 1.53. The van der Waals surface area contributed by atoms with Crippen molar-refractivity contribution in [2.45, 2.75) is 20.3 Å². The van der Waals surface area contributed by atoms with Crippen LogP contribution in [-0.4, -0.2) is 30.6 Å². The number of nitrogens with one attached hydrogen (secondary N) is 1. The van der Waals surface area contributed by atoms with Gasteiger partial charge in [0.15, 0.2) is 0 Å². The van der Waals surface area contributed by atoms with E-state index in [1.807, 2.05) is 0 Å². The number of carbonyl (C=O) groups excluding carboxylic acids is 1. The summed E-state index contributed by atoms with van der Waals surface area (Å²) < 4.78 is 5.73. The van der Waals surface area contributed by atoms with Crippen LogP contribution in [0, 0.1) is 5.41 Å². The first kappa shape index (κ1) is 16.5. The molecule has 0 heterocycles. The summed E-state index contributed by atoms with van der Waals surface area (Å²) in [6.45, 7) is 3.55. The van der Waals surface area contributed by atoms with Gasteiger partial charge in [-0.05, 0) is 54.4 Å². The Morgan fingerprint density at radius 3 is 2.60 bits per heavy atom. The predicted octanol–water partition coefficient (Wildman–Crippen LogP) is 2.69. The Labute approximate surface area is 126 Å². The lowest BCUT2D eigenvalue weighted by Gasteiger charge is -2.19. The molecule has 6 heteroatoms. The highest BCUT2D eigenvalue weighted by atomic mass is 79.9. The van der Waals surface area contributed by atoms with Gasteiger partial charge in [0, 0.05) is 11.0 Å². The van der Waals surface area contributed by atoms with Crippen LogP contribution in [0.3, 0.4) is 0 Å². The van der Waals surface area contributed by atoms with Gasteiger partial charge in [0.1, 0.15) is 5.75 Å². The second-order valence-electron chi connectivity index (χ2n) is 5.04. The van der Waals surface area contributed by atoms with Gasteiger partial charge in [0.05, 0.1) is 18.1 Å². The molecule has 0 unspecified atom stereocenters. The van der Waals surface area contributed by atoms with Gasteiger partial charge in [0.25, 0.3) is 5.91 Å². The molecule has 0 bridgehead atoms. The van der Waals surface area contributed by atoms with Gasteiger partial charge in [-0.15, -0.1) is 0 Å². The molecule has 1 aromatic carbocycles. The first-order valence-corrected chi connectivity index (χ1v) is 6.92. The van der Waals surface area contributed by atoms with Crippen LogP contribution in [0.4, 0.5) is 0 Å². The number of benzene rings is 1. The largest absolute Gasteiger partial charge is 0.497 e. The average Bonchev–Trinajstić information content (AvgIpc) is 2.38. The molecule has 1 amide bonds. The first-order valence-electron chi connectivity index (χ1n) is 6.13. The van der Waals surface area contributed by atoms with Crippen LogP contribution in [0.2, 0.25) is 0 Å². The molecule has 0 saturated heterocycles.